The van der Waals surface area contributed by atoms with Crippen LogP contribution in [0.2, 0.25) is 0 Å². The van der Waals surface area contributed by atoms with Gasteiger partial charge in [0.15, 0.2) is 0 Å². The molecule has 0 N–H and O–H groups in total. The molecule has 0 heterocycles. The minimum absolute atomic E-state index is 0.883. The number of hydrogen-bond donors (Lipinski definition) is 0. The van der Waals surface area contributed by atoms with E-state index in [2.05, 4.69) is 68.4 Å². The SMILES string of the molecule is CCC(CC)CCc1ccc(-c2ccccc2)cc1. The van der Waals surface area contributed by atoms with E-state index in [-0.39, 0.29) is 0 Å². The van der Waals surface area contributed by atoms with Gasteiger partial charge in [0.1, 0.15) is 0 Å². The summed E-state index contributed by atoms with van der Waals surface area (Å²) in [6.07, 6.45) is 5.14. The fourth-order valence-corrected chi connectivity index (χ4v) is 2.56. The van der Waals surface area contributed by atoms with Crippen LogP contribution in [0.3, 0.4) is 0 Å². The van der Waals surface area contributed by atoms with Gasteiger partial charge >= 0.3 is 0 Å². The van der Waals surface area contributed by atoms with E-state index in [4.69, 9.17) is 0 Å². The Kier molecular flexibility index (Phi) is 5.20. The molecule has 2 aromatic carbocycles. The summed E-state index contributed by atoms with van der Waals surface area (Å²) in [5.41, 5.74) is 4.08. The molecular formula is C19H24. The normalized spacial score (nSPS) is 10.9. The van der Waals surface area contributed by atoms with Gasteiger partial charge in [0, 0.05) is 0 Å². The third kappa shape index (κ3) is 3.96. The molecule has 0 unspecified atom stereocenters. The molecule has 100 valence electrons. The van der Waals surface area contributed by atoms with E-state index < -0.39 is 0 Å². The van der Waals surface area contributed by atoms with Crippen LogP contribution < -0.4 is 0 Å². The molecule has 0 bridgehead atoms. The van der Waals surface area contributed by atoms with Gasteiger partial charge in [-0.15, -0.1) is 0 Å². The monoisotopic (exact) mass is 252 g/mol. The molecule has 0 saturated carbocycles. The summed E-state index contributed by atoms with van der Waals surface area (Å²) in [7, 11) is 0. The fraction of sp³-hybridized carbons (Fsp3) is 0.368. The summed E-state index contributed by atoms with van der Waals surface area (Å²) < 4.78 is 0. The number of aryl methyl sites for hydroxylation is 1. The third-order valence-electron chi connectivity index (χ3n) is 4.06. The Morgan fingerprint density at radius 3 is 1.89 bits per heavy atom. The lowest BCUT2D eigenvalue weighted by Gasteiger charge is -2.12. The lowest BCUT2D eigenvalue weighted by atomic mass is 9.94. The van der Waals surface area contributed by atoms with Crippen LogP contribution in [0.5, 0.6) is 0 Å². The van der Waals surface area contributed by atoms with Crippen molar-refractivity contribution in [3.8, 4) is 11.1 Å². The summed E-state index contributed by atoms with van der Waals surface area (Å²) in [6, 6.07) is 19.6. The van der Waals surface area contributed by atoms with Crippen LogP contribution in [0.25, 0.3) is 11.1 Å². The highest BCUT2D eigenvalue weighted by Crippen LogP contribution is 2.21. The standard InChI is InChI=1S/C19H24/c1-3-16(4-2)10-11-17-12-14-19(15-13-17)18-8-6-5-7-9-18/h5-9,12-16H,3-4,10-11H2,1-2H3. The molecule has 2 rings (SSSR count). The highest BCUT2D eigenvalue weighted by atomic mass is 14.1. The van der Waals surface area contributed by atoms with Crippen molar-refractivity contribution < 1.29 is 0 Å². The molecule has 0 nitrogen and oxygen atoms in total. The highest BCUT2D eigenvalue weighted by molar-refractivity contribution is 5.63. The minimum atomic E-state index is 0.883. The van der Waals surface area contributed by atoms with E-state index in [0.717, 1.165) is 5.92 Å². The quantitative estimate of drug-likeness (QED) is 0.616. The van der Waals surface area contributed by atoms with Crippen molar-refractivity contribution in [2.45, 2.75) is 39.5 Å². The fourth-order valence-electron chi connectivity index (χ4n) is 2.56. The van der Waals surface area contributed by atoms with E-state index in [9.17, 15) is 0 Å². The Balaban J connectivity index is 1.99. The molecule has 0 radical (unpaired) electrons. The lowest BCUT2D eigenvalue weighted by Crippen LogP contribution is -1.99. The first-order valence-electron chi connectivity index (χ1n) is 7.47. The van der Waals surface area contributed by atoms with Crippen molar-refractivity contribution in [1.82, 2.24) is 0 Å². The Bertz CT molecular complexity index is 463. The van der Waals surface area contributed by atoms with Crippen LogP contribution >= 0.6 is 0 Å². The van der Waals surface area contributed by atoms with Gasteiger partial charge in [-0.1, -0.05) is 81.3 Å². The Morgan fingerprint density at radius 2 is 1.32 bits per heavy atom. The Labute approximate surface area is 117 Å². The van der Waals surface area contributed by atoms with Crippen molar-refractivity contribution in [3.05, 3.63) is 60.2 Å². The van der Waals surface area contributed by atoms with E-state index in [0.29, 0.717) is 0 Å². The highest BCUT2D eigenvalue weighted by Gasteiger charge is 2.04. The molecule has 0 aliphatic rings. The van der Waals surface area contributed by atoms with Gasteiger partial charge in [-0.05, 0) is 35.4 Å². The first-order chi connectivity index (χ1) is 9.33. The number of benzene rings is 2. The predicted octanol–water partition coefficient (Wildman–Crippen LogP) is 5.72. The third-order valence-corrected chi connectivity index (χ3v) is 4.06. The molecule has 0 atom stereocenters. The summed E-state index contributed by atoms with van der Waals surface area (Å²) in [4.78, 5) is 0. The van der Waals surface area contributed by atoms with Gasteiger partial charge in [-0.3, -0.25) is 0 Å². The molecule has 0 aliphatic heterocycles. The van der Waals surface area contributed by atoms with Crippen LogP contribution in [-0.2, 0) is 6.42 Å². The average Bonchev–Trinajstić information content (AvgIpc) is 2.50. The maximum absolute atomic E-state index is 2.30. The molecule has 19 heavy (non-hydrogen) atoms. The van der Waals surface area contributed by atoms with Gasteiger partial charge < -0.3 is 0 Å². The molecule has 0 spiro atoms. The van der Waals surface area contributed by atoms with Gasteiger partial charge in [-0.2, -0.15) is 0 Å². The van der Waals surface area contributed by atoms with E-state index >= 15 is 0 Å². The van der Waals surface area contributed by atoms with Crippen molar-refractivity contribution in [1.29, 1.82) is 0 Å². The molecule has 0 aromatic heterocycles. The lowest BCUT2D eigenvalue weighted by molar-refractivity contribution is 0.456. The van der Waals surface area contributed by atoms with Crippen LogP contribution in [0.15, 0.2) is 54.6 Å². The van der Waals surface area contributed by atoms with Crippen molar-refractivity contribution in [2.24, 2.45) is 5.92 Å². The van der Waals surface area contributed by atoms with Gasteiger partial charge in [0.05, 0.1) is 0 Å². The summed E-state index contributed by atoms with van der Waals surface area (Å²) in [5.74, 6) is 0.883. The smallest absolute Gasteiger partial charge is 0.0184 e. The van der Waals surface area contributed by atoms with Crippen molar-refractivity contribution in [3.63, 3.8) is 0 Å². The van der Waals surface area contributed by atoms with Crippen LogP contribution in [-0.4, -0.2) is 0 Å². The maximum atomic E-state index is 2.30. The minimum Gasteiger partial charge on any atom is -0.0651 e. The topological polar surface area (TPSA) is 0 Å². The first-order valence-corrected chi connectivity index (χ1v) is 7.47. The molecular weight excluding hydrogens is 228 g/mol. The number of rotatable bonds is 6. The van der Waals surface area contributed by atoms with Gasteiger partial charge in [0.2, 0.25) is 0 Å². The summed E-state index contributed by atoms with van der Waals surface area (Å²) in [5, 5.41) is 0. The molecule has 0 fully saturated rings. The zero-order valence-corrected chi connectivity index (χ0v) is 12.1. The molecule has 0 heteroatoms. The van der Waals surface area contributed by atoms with Gasteiger partial charge in [-0.25, -0.2) is 0 Å². The second-order valence-electron chi connectivity index (χ2n) is 5.28. The molecule has 0 saturated heterocycles. The maximum Gasteiger partial charge on any atom is -0.0184 e. The molecule has 0 aliphatic carbocycles. The summed E-state index contributed by atoms with van der Waals surface area (Å²) >= 11 is 0. The second-order valence-corrected chi connectivity index (χ2v) is 5.28. The Morgan fingerprint density at radius 1 is 0.737 bits per heavy atom. The van der Waals surface area contributed by atoms with Crippen molar-refractivity contribution >= 4 is 0 Å². The van der Waals surface area contributed by atoms with Gasteiger partial charge in [0.25, 0.3) is 0 Å². The predicted molar refractivity (Wildman–Crippen MR) is 84.3 cm³/mol. The molecule has 2 aromatic rings. The largest absolute Gasteiger partial charge is 0.0651 e. The number of hydrogen-bond acceptors (Lipinski definition) is 0. The van der Waals surface area contributed by atoms with E-state index in [1.165, 1.54) is 42.4 Å². The second kappa shape index (κ2) is 7.13. The summed E-state index contributed by atoms with van der Waals surface area (Å²) in [6.45, 7) is 4.60. The zero-order chi connectivity index (χ0) is 13.5. The average molecular weight is 252 g/mol. The van der Waals surface area contributed by atoms with Crippen LogP contribution in [0.4, 0.5) is 0 Å². The Hall–Kier alpha value is -1.56. The first kappa shape index (κ1) is 13.9. The van der Waals surface area contributed by atoms with Crippen LogP contribution in [0, 0.1) is 5.92 Å². The van der Waals surface area contributed by atoms with Crippen LogP contribution in [0.1, 0.15) is 38.7 Å². The van der Waals surface area contributed by atoms with E-state index in [1.807, 2.05) is 0 Å². The van der Waals surface area contributed by atoms with E-state index in [1.54, 1.807) is 0 Å². The van der Waals surface area contributed by atoms with Crippen molar-refractivity contribution in [2.75, 3.05) is 0 Å². The molecule has 0 amide bonds. The zero-order valence-electron chi connectivity index (χ0n) is 12.1.